The first-order chi connectivity index (χ1) is 23.1. The summed E-state index contributed by atoms with van der Waals surface area (Å²) >= 11 is 0. The number of nitriles is 3. The molecule has 48 heavy (non-hydrogen) atoms. The van der Waals surface area contributed by atoms with Crippen LogP contribution in [0.5, 0.6) is 0 Å². The molecule has 3 aromatic heterocycles. The Hall–Kier alpha value is -7.80. The number of halogens is 6. The summed E-state index contributed by atoms with van der Waals surface area (Å²) in [4.78, 5) is 30.9. The molecule has 0 unspecified atom stereocenters. The van der Waals surface area contributed by atoms with Crippen molar-refractivity contribution in [1.29, 1.82) is 15.8 Å². The lowest BCUT2D eigenvalue weighted by molar-refractivity contribution is 0.453. The second-order valence-electron chi connectivity index (χ2n) is 9.60. The van der Waals surface area contributed by atoms with Gasteiger partial charge in [0.1, 0.15) is 59.2 Å². The van der Waals surface area contributed by atoms with Crippen molar-refractivity contribution in [2.45, 2.75) is 0 Å². The third kappa shape index (κ3) is 3.43. The van der Waals surface area contributed by atoms with Crippen LogP contribution in [0.3, 0.4) is 0 Å². The van der Waals surface area contributed by atoms with Gasteiger partial charge >= 0.3 is 5.82 Å². The van der Waals surface area contributed by atoms with Gasteiger partial charge in [0.25, 0.3) is 41.4 Å². The Morgan fingerprint density at radius 2 is 0.771 bits per heavy atom. The zero-order valence-electron chi connectivity index (χ0n) is 22.6. The maximum Gasteiger partial charge on any atom is 0.529 e. The minimum absolute atomic E-state index is 0.439. The van der Waals surface area contributed by atoms with E-state index >= 15 is 0 Å². The molecule has 0 aliphatic heterocycles. The van der Waals surface area contributed by atoms with E-state index in [-0.39, 0.29) is 0 Å². The van der Waals surface area contributed by atoms with Crippen LogP contribution in [-0.2, 0) is 0 Å². The predicted octanol–water partition coefficient (Wildman–Crippen LogP) is 5.44. The number of hydrogen-bond donors (Lipinski definition) is 0. The Morgan fingerprint density at radius 3 is 1.12 bits per heavy atom. The van der Waals surface area contributed by atoms with E-state index in [1.165, 1.54) is 0 Å². The molecule has 0 radical (unpaired) electrons. The standard InChI is InChI=1S/C30F6N12/c1-40-8(6-39)10-12-14(21-19(10)44-25(32)27(34)46-21)11-9(7(4-37)5-38)18-20(45-26(33)24(31)43-18)15(11)13-16(12)22-23(17(13)30(41-2)42-3)48-29(36)28(35)47-22/b10-8+. The van der Waals surface area contributed by atoms with Crippen molar-refractivity contribution in [2.75, 3.05) is 0 Å². The highest BCUT2D eigenvalue weighted by Gasteiger charge is 2.49. The predicted molar refractivity (Wildman–Crippen MR) is 144 cm³/mol. The van der Waals surface area contributed by atoms with Crippen molar-refractivity contribution in [1.82, 2.24) is 29.9 Å². The van der Waals surface area contributed by atoms with Gasteiger partial charge in [-0.05, 0) is 5.56 Å². The molecule has 0 bridgehead atoms. The van der Waals surface area contributed by atoms with E-state index < -0.39 is 137 Å². The Morgan fingerprint density at radius 1 is 0.438 bits per heavy atom. The summed E-state index contributed by atoms with van der Waals surface area (Å²) in [5.74, 6) is -11.6. The first-order valence-corrected chi connectivity index (χ1v) is 12.6. The summed E-state index contributed by atoms with van der Waals surface area (Å²) in [7, 11) is 0. The summed E-state index contributed by atoms with van der Waals surface area (Å²) < 4.78 is 88.5. The van der Waals surface area contributed by atoms with Crippen molar-refractivity contribution < 1.29 is 26.3 Å². The average molecular weight is 642 g/mol. The van der Waals surface area contributed by atoms with Crippen LogP contribution >= 0.6 is 0 Å². The minimum Gasteiger partial charge on any atom is -0.226 e. The van der Waals surface area contributed by atoms with Gasteiger partial charge in [0.05, 0.1) is 24.0 Å². The maximum atomic E-state index is 14.8. The maximum absolute atomic E-state index is 14.8. The molecule has 3 aliphatic carbocycles. The van der Waals surface area contributed by atoms with Crippen molar-refractivity contribution in [2.24, 2.45) is 0 Å². The van der Waals surface area contributed by atoms with Gasteiger partial charge in [-0.15, -0.1) is 0 Å². The van der Waals surface area contributed by atoms with Gasteiger partial charge in [-0.25, -0.2) is 40.0 Å². The highest BCUT2D eigenvalue weighted by atomic mass is 19.2. The Kier molecular flexibility index (Phi) is 5.94. The molecule has 0 spiro atoms. The highest BCUT2D eigenvalue weighted by Crippen LogP contribution is 2.63. The smallest absolute Gasteiger partial charge is 0.226 e. The van der Waals surface area contributed by atoms with Crippen LogP contribution in [0.4, 0.5) is 26.3 Å². The van der Waals surface area contributed by atoms with Crippen molar-refractivity contribution in [3.63, 3.8) is 0 Å². The molecule has 0 saturated heterocycles. The Balaban J connectivity index is 1.91. The zero-order valence-corrected chi connectivity index (χ0v) is 22.6. The summed E-state index contributed by atoms with van der Waals surface area (Å²) in [6, 6.07) is 4.73. The van der Waals surface area contributed by atoms with Gasteiger partial charge in [0.2, 0.25) is 0 Å². The first kappa shape index (κ1) is 28.9. The average Bonchev–Trinajstić information content (AvgIpc) is 3.66. The molecule has 0 fully saturated rings. The van der Waals surface area contributed by atoms with E-state index in [1.807, 2.05) is 0 Å². The van der Waals surface area contributed by atoms with Gasteiger partial charge in [0, 0.05) is 39.0 Å². The highest BCUT2D eigenvalue weighted by molar-refractivity contribution is 6.22. The number of allylic oxidation sites excluding steroid dienone is 2. The van der Waals surface area contributed by atoms with Crippen LogP contribution in [0.1, 0.15) is 33.8 Å². The molecule has 7 rings (SSSR count). The fourth-order valence-corrected chi connectivity index (χ4v) is 5.90. The molecular formula is C30F6N12. The number of rotatable bonds is 0. The summed E-state index contributed by atoms with van der Waals surface area (Å²) in [6.07, 6.45) is 0. The quantitative estimate of drug-likeness (QED) is 0.119. The van der Waals surface area contributed by atoms with E-state index in [0.29, 0.717) is 0 Å². The minimum atomic E-state index is -1.80. The van der Waals surface area contributed by atoms with Crippen LogP contribution in [-0.4, -0.2) is 29.9 Å². The number of hydrogen-bond acceptors (Lipinski definition) is 9. The van der Waals surface area contributed by atoms with Gasteiger partial charge in [-0.3, -0.25) is 0 Å². The van der Waals surface area contributed by atoms with Gasteiger partial charge in [0.15, 0.2) is 0 Å². The lowest BCUT2D eigenvalue weighted by Crippen LogP contribution is -2.01. The molecule has 3 aliphatic rings. The molecule has 12 nitrogen and oxygen atoms in total. The normalized spacial score (nSPS) is 13.2. The molecule has 18 heteroatoms. The topological polar surface area (TPSA) is 162 Å². The van der Waals surface area contributed by atoms with Gasteiger partial charge < -0.3 is 0 Å². The molecule has 222 valence electrons. The van der Waals surface area contributed by atoms with Crippen molar-refractivity contribution in [3.05, 3.63) is 121 Å². The van der Waals surface area contributed by atoms with E-state index in [9.17, 15) is 42.1 Å². The molecule has 0 amide bonds. The lowest BCUT2D eigenvalue weighted by Gasteiger charge is -2.17. The van der Waals surface area contributed by atoms with E-state index in [4.69, 9.17) is 19.7 Å². The van der Waals surface area contributed by atoms with Crippen LogP contribution < -0.4 is 0 Å². The number of nitrogens with zero attached hydrogens (tertiary/aromatic N) is 12. The van der Waals surface area contributed by atoms with Crippen LogP contribution in [0.15, 0.2) is 17.1 Å². The van der Waals surface area contributed by atoms with Crippen LogP contribution in [0.2, 0.25) is 0 Å². The van der Waals surface area contributed by atoms with Gasteiger partial charge in [-0.2, -0.15) is 46.6 Å². The third-order valence-electron chi connectivity index (χ3n) is 7.48. The first-order valence-electron chi connectivity index (χ1n) is 12.6. The van der Waals surface area contributed by atoms with Gasteiger partial charge in [-0.1, -0.05) is 0 Å². The van der Waals surface area contributed by atoms with Crippen LogP contribution in [0.25, 0.3) is 65.0 Å². The number of aromatic nitrogens is 6. The molecule has 4 aromatic rings. The SMILES string of the molecule is [C-]#[N+]C([N+]#[C-])=C1c2nc(F)c(F)nc2-c2c1c1c(c3c2/C(=C(/C#N)[N+]#[C-])c2nc(F)c(F)nc2-3)C(=C(C#N)C#N)c2nc(F)c(F)nc2-1. The Bertz CT molecular complexity index is 2340. The van der Waals surface area contributed by atoms with Crippen molar-refractivity contribution >= 4 is 16.7 Å². The molecule has 0 N–H and O–H groups in total. The molecule has 0 atom stereocenters. The summed E-state index contributed by atoms with van der Waals surface area (Å²) in [6.45, 7) is 23.0. The lowest BCUT2D eigenvalue weighted by atomic mass is 9.84. The fourth-order valence-electron chi connectivity index (χ4n) is 5.90. The Labute approximate surface area is 261 Å². The number of fused-ring (bicyclic) bond motifs is 12. The monoisotopic (exact) mass is 642 g/mol. The fraction of sp³-hybridized carbons (Fsp3) is 0. The molecule has 0 saturated carbocycles. The third-order valence-corrected chi connectivity index (χ3v) is 7.48. The molecule has 1 aromatic carbocycles. The summed E-state index contributed by atoms with van der Waals surface area (Å²) in [5, 5.41) is 29.8. The second-order valence-corrected chi connectivity index (χ2v) is 9.60. The van der Waals surface area contributed by atoms with E-state index in [2.05, 4.69) is 44.4 Å². The second kappa shape index (κ2) is 9.85. The number of benzene rings is 1. The molecular weight excluding hydrogens is 642 g/mol. The van der Waals surface area contributed by atoms with E-state index in [1.54, 1.807) is 18.2 Å². The van der Waals surface area contributed by atoms with Crippen LogP contribution in [0, 0.1) is 89.4 Å². The van der Waals surface area contributed by atoms with E-state index in [0.717, 1.165) is 0 Å². The largest absolute Gasteiger partial charge is 0.529 e. The molecule has 3 heterocycles. The summed E-state index contributed by atoms with van der Waals surface area (Å²) in [5.41, 5.74) is -9.83. The zero-order chi connectivity index (χ0) is 34.3. The van der Waals surface area contributed by atoms with Crippen molar-refractivity contribution in [3.8, 4) is 52.0 Å².